The first-order chi connectivity index (χ1) is 9.61. The van der Waals surface area contributed by atoms with E-state index in [2.05, 4.69) is 5.32 Å². The normalized spacial score (nSPS) is 11.7. The van der Waals surface area contributed by atoms with Crippen LogP contribution < -0.4 is 15.2 Å². The second-order valence-corrected chi connectivity index (χ2v) is 5.04. The van der Waals surface area contributed by atoms with Crippen LogP contribution in [0.1, 0.15) is 10.4 Å². The van der Waals surface area contributed by atoms with Crippen LogP contribution in [0.25, 0.3) is 0 Å². The molecule has 6 heteroatoms. The minimum absolute atomic E-state index is 0.274. The molecule has 2 aromatic carbocycles. The van der Waals surface area contributed by atoms with E-state index in [1.54, 1.807) is 48.5 Å². The van der Waals surface area contributed by atoms with E-state index in [-0.39, 0.29) is 5.91 Å². The molecule has 5 nitrogen and oxygen atoms in total. The zero-order valence-corrected chi connectivity index (χ0v) is 11.6. The number of nitrogens with two attached hydrogens (primary N) is 1. The average molecular weight is 290 g/mol. The van der Waals surface area contributed by atoms with Crippen molar-refractivity contribution in [3.63, 3.8) is 0 Å². The maximum atomic E-state index is 12.1. The Bertz CT molecular complexity index is 641. The molecule has 0 radical (unpaired) electrons. The standard InChI is InChI=1S/C14H14N2O3S/c1-19-13-5-3-2-4-12(13)14(17)16-10-6-8-11(9-7-10)20(15)18/h2-9H,15H2,1H3,(H,16,17). The van der Waals surface area contributed by atoms with Crippen molar-refractivity contribution in [1.82, 2.24) is 0 Å². The molecule has 0 spiro atoms. The highest BCUT2D eigenvalue weighted by Crippen LogP contribution is 2.19. The van der Waals surface area contributed by atoms with E-state index in [1.807, 2.05) is 0 Å². The highest BCUT2D eigenvalue weighted by atomic mass is 32.2. The van der Waals surface area contributed by atoms with Crippen LogP contribution in [-0.4, -0.2) is 17.2 Å². The molecule has 0 aliphatic rings. The number of rotatable bonds is 4. The van der Waals surface area contributed by atoms with Gasteiger partial charge in [0.1, 0.15) is 16.7 Å². The van der Waals surface area contributed by atoms with E-state index in [4.69, 9.17) is 9.88 Å². The number of para-hydroxylation sites is 1. The topological polar surface area (TPSA) is 81.4 Å². The van der Waals surface area contributed by atoms with E-state index in [0.29, 0.717) is 21.9 Å². The first-order valence-corrected chi connectivity index (χ1v) is 7.03. The number of benzene rings is 2. The van der Waals surface area contributed by atoms with Gasteiger partial charge in [0.05, 0.1) is 17.6 Å². The van der Waals surface area contributed by atoms with Crippen molar-refractivity contribution >= 4 is 22.6 Å². The van der Waals surface area contributed by atoms with Gasteiger partial charge in [-0.1, -0.05) is 12.1 Å². The summed E-state index contributed by atoms with van der Waals surface area (Å²) in [4.78, 5) is 12.6. The van der Waals surface area contributed by atoms with E-state index in [1.165, 1.54) is 7.11 Å². The summed E-state index contributed by atoms with van der Waals surface area (Å²) in [6.07, 6.45) is 0. The number of carbonyl (C=O) groups is 1. The zero-order chi connectivity index (χ0) is 14.5. The largest absolute Gasteiger partial charge is 0.496 e. The van der Waals surface area contributed by atoms with Gasteiger partial charge in [-0.15, -0.1) is 0 Å². The quantitative estimate of drug-likeness (QED) is 0.902. The molecule has 20 heavy (non-hydrogen) atoms. The lowest BCUT2D eigenvalue weighted by Crippen LogP contribution is -2.13. The maximum Gasteiger partial charge on any atom is 0.259 e. The van der Waals surface area contributed by atoms with Crippen molar-refractivity contribution < 1.29 is 13.7 Å². The van der Waals surface area contributed by atoms with Crippen LogP contribution in [-0.2, 0) is 11.0 Å². The van der Waals surface area contributed by atoms with Crippen LogP contribution in [0.15, 0.2) is 53.4 Å². The van der Waals surface area contributed by atoms with E-state index >= 15 is 0 Å². The Morgan fingerprint density at radius 1 is 1.15 bits per heavy atom. The van der Waals surface area contributed by atoms with Crippen LogP contribution in [0.2, 0.25) is 0 Å². The van der Waals surface area contributed by atoms with Crippen LogP contribution in [0, 0.1) is 0 Å². The van der Waals surface area contributed by atoms with Gasteiger partial charge in [-0.25, -0.2) is 9.35 Å². The summed E-state index contributed by atoms with van der Waals surface area (Å²) >= 11 is 0. The van der Waals surface area contributed by atoms with Crippen molar-refractivity contribution in [1.29, 1.82) is 0 Å². The molecule has 2 aromatic rings. The predicted molar refractivity (Wildman–Crippen MR) is 78.0 cm³/mol. The summed E-state index contributed by atoms with van der Waals surface area (Å²) in [6, 6.07) is 13.5. The van der Waals surface area contributed by atoms with Gasteiger partial charge < -0.3 is 10.1 Å². The Balaban J connectivity index is 2.17. The van der Waals surface area contributed by atoms with Crippen LogP contribution in [0.5, 0.6) is 5.75 Å². The molecule has 1 amide bonds. The number of hydrogen-bond donors (Lipinski definition) is 2. The summed E-state index contributed by atoms with van der Waals surface area (Å²) in [5.74, 6) is 0.230. The number of carbonyl (C=O) groups excluding carboxylic acids is 1. The summed E-state index contributed by atoms with van der Waals surface area (Å²) < 4.78 is 16.2. The molecule has 3 N–H and O–H groups in total. The smallest absolute Gasteiger partial charge is 0.259 e. The molecule has 0 bridgehead atoms. The van der Waals surface area contributed by atoms with Crippen LogP contribution >= 0.6 is 0 Å². The Hall–Kier alpha value is -2.18. The van der Waals surface area contributed by atoms with Crippen molar-refractivity contribution in [2.75, 3.05) is 12.4 Å². The first kappa shape index (κ1) is 14.2. The fraction of sp³-hybridized carbons (Fsp3) is 0.0714. The lowest BCUT2D eigenvalue weighted by atomic mass is 10.2. The van der Waals surface area contributed by atoms with Gasteiger partial charge in [0.2, 0.25) is 0 Å². The molecule has 104 valence electrons. The second-order valence-electron chi connectivity index (χ2n) is 3.98. The molecule has 0 heterocycles. The van der Waals surface area contributed by atoms with Crippen molar-refractivity contribution in [2.24, 2.45) is 5.14 Å². The molecule has 0 fully saturated rings. The number of nitrogens with one attached hydrogen (secondary N) is 1. The number of ether oxygens (including phenoxy) is 1. The Morgan fingerprint density at radius 3 is 2.40 bits per heavy atom. The fourth-order valence-corrected chi connectivity index (χ4v) is 2.11. The van der Waals surface area contributed by atoms with Crippen molar-refractivity contribution in [3.05, 3.63) is 54.1 Å². The number of hydrogen-bond acceptors (Lipinski definition) is 3. The van der Waals surface area contributed by atoms with Gasteiger partial charge in [-0.3, -0.25) is 4.79 Å². The summed E-state index contributed by atoms with van der Waals surface area (Å²) in [5.41, 5.74) is 1.04. The molecule has 1 unspecified atom stereocenters. The first-order valence-electron chi connectivity index (χ1n) is 5.82. The van der Waals surface area contributed by atoms with Gasteiger partial charge in [-0.2, -0.15) is 0 Å². The summed E-state index contributed by atoms with van der Waals surface area (Å²) in [6.45, 7) is 0. The Labute approximate surface area is 119 Å². The molecule has 0 aromatic heterocycles. The van der Waals surface area contributed by atoms with E-state index < -0.39 is 11.0 Å². The monoisotopic (exact) mass is 290 g/mol. The third-order valence-electron chi connectivity index (χ3n) is 2.70. The number of anilines is 1. The lowest BCUT2D eigenvalue weighted by Gasteiger charge is -2.09. The molecule has 2 rings (SSSR count). The Morgan fingerprint density at radius 2 is 1.80 bits per heavy atom. The minimum atomic E-state index is -1.52. The van der Waals surface area contributed by atoms with E-state index in [0.717, 1.165) is 0 Å². The molecular formula is C14H14N2O3S. The molecule has 0 aliphatic carbocycles. The van der Waals surface area contributed by atoms with Gasteiger partial charge in [0, 0.05) is 5.69 Å². The minimum Gasteiger partial charge on any atom is -0.496 e. The van der Waals surface area contributed by atoms with Crippen molar-refractivity contribution in [2.45, 2.75) is 4.90 Å². The zero-order valence-electron chi connectivity index (χ0n) is 10.8. The molecular weight excluding hydrogens is 276 g/mol. The molecule has 0 aliphatic heterocycles. The van der Waals surface area contributed by atoms with Crippen molar-refractivity contribution in [3.8, 4) is 5.75 Å². The number of amides is 1. The van der Waals surface area contributed by atoms with Gasteiger partial charge in [0.25, 0.3) is 5.91 Å². The highest BCUT2D eigenvalue weighted by Gasteiger charge is 2.11. The molecule has 0 saturated carbocycles. The summed E-state index contributed by atoms with van der Waals surface area (Å²) in [5, 5.41) is 8.00. The third kappa shape index (κ3) is 3.23. The maximum absolute atomic E-state index is 12.1. The average Bonchev–Trinajstić information content (AvgIpc) is 2.47. The molecule has 1 atom stereocenters. The number of methoxy groups -OCH3 is 1. The van der Waals surface area contributed by atoms with Crippen LogP contribution in [0.3, 0.4) is 0 Å². The van der Waals surface area contributed by atoms with Gasteiger partial charge >= 0.3 is 0 Å². The van der Waals surface area contributed by atoms with Crippen LogP contribution in [0.4, 0.5) is 5.69 Å². The highest BCUT2D eigenvalue weighted by molar-refractivity contribution is 7.82. The second kappa shape index (κ2) is 6.31. The predicted octanol–water partition coefficient (Wildman–Crippen LogP) is 1.93. The van der Waals surface area contributed by atoms with Gasteiger partial charge in [0.15, 0.2) is 0 Å². The SMILES string of the molecule is COc1ccccc1C(=O)Nc1ccc(S(N)=O)cc1. The molecule has 0 saturated heterocycles. The third-order valence-corrected chi connectivity index (χ3v) is 3.43. The summed E-state index contributed by atoms with van der Waals surface area (Å²) in [7, 11) is -0.0123. The lowest BCUT2D eigenvalue weighted by molar-refractivity contribution is 0.102. The Kier molecular flexibility index (Phi) is 4.49. The van der Waals surface area contributed by atoms with Gasteiger partial charge in [-0.05, 0) is 36.4 Å². The fourth-order valence-electron chi connectivity index (χ4n) is 1.70. The van der Waals surface area contributed by atoms with E-state index in [9.17, 15) is 9.00 Å².